The number of piperazine rings is 1. The van der Waals surface area contributed by atoms with Gasteiger partial charge in [0, 0.05) is 32.7 Å². The predicted molar refractivity (Wildman–Crippen MR) is 98.3 cm³/mol. The van der Waals surface area contributed by atoms with E-state index in [1.165, 1.54) is 0 Å². The van der Waals surface area contributed by atoms with Gasteiger partial charge in [-0.25, -0.2) is 9.78 Å². The lowest BCUT2D eigenvalue weighted by Gasteiger charge is -2.36. The normalized spacial score (nSPS) is 16.2. The summed E-state index contributed by atoms with van der Waals surface area (Å²) in [6, 6.07) is 3.50. The van der Waals surface area contributed by atoms with Gasteiger partial charge in [0.2, 0.25) is 0 Å². The highest BCUT2D eigenvalue weighted by Gasteiger charge is 2.26. The molecule has 0 spiro atoms. The molecule has 0 aliphatic carbocycles. The van der Waals surface area contributed by atoms with Crippen LogP contribution >= 0.6 is 0 Å². The molecular weight excluding hydrogens is 336 g/mol. The second kappa shape index (κ2) is 8.35. The number of hydrogen-bond donors (Lipinski definition) is 2. The topological polar surface area (TPSA) is 95.0 Å². The van der Waals surface area contributed by atoms with E-state index in [2.05, 4.69) is 15.2 Å². The number of hydrogen-bond acceptors (Lipinski definition) is 6. The number of anilines is 1. The second-order valence-electron chi connectivity index (χ2n) is 7.42. The average Bonchev–Trinajstić information content (AvgIpc) is 2.58. The van der Waals surface area contributed by atoms with E-state index in [0.717, 1.165) is 5.69 Å². The summed E-state index contributed by atoms with van der Waals surface area (Å²) in [7, 11) is 0. The highest BCUT2D eigenvalue weighted by atomic mass is 16.6. The third-order valence-corrected chi connectivity index (χ3v) is 3.84. The van der Waals surface area contributed by atoms with Crippen LogP contribution in [0.3, 0.4) is 0 Å². The number of rotatable bonds is 4. The number of nitrogens with one attached hydrogen (secondary N) is 1. The van der Waals surface area contributed by atoms with Gasteiger partial charge < -0.3 is 25.0 Å². The van der Waals surface area contributed by atoms with E-state index in [4.69, 9.17) is 4.74 Å². The fourth-order valence-corrected chi connectivity index (χ4v) is 2.51. The molecular formula is C18H28N4O4. The van der Waals surface area contributed by atoms with Crippen molar-refractivity contribution in [3.05, 3.63) is 24.0 Å². The molecule has 0 aromatic carbocycles. The first-order chi connectivity index (χ1) is 12.2. The van der Waals surface area contributed by atoms with Crippen molar-refractivity contribution in [2.75, 3.05) is 37.6 Å². The summed E-state index contributed by atoms with van der Waals surface area (Å²) < 4.78 is 5.39. The van der Waals surface area contributed by atoms with E-state index in [1.807, 2.05) is 26.8 Å². The molecule has 1 atom stereocenters. The fraction of sp³-hybridized carbons (Fsp3) is 0.611. The molecule has 0 radical (unpaired) electrons. The smallest absolute Gasteiger partial charge is 0.410 e. The molecule has 1 unspecified atom stereocenters. The van der Waals surface area contributed by atoms with E-state index in [-0.39, 0.29) is 18.5 Å². The van der Waals surface area contributed by atoms with E-state index < -0.39 is 11.7 Å². The molecule has 1 aliphatic rings. The van der Waals surface area contributed by atoms with Crippen LogP contribution in [0.4, 0.5) is 10.5 Å². The van der Waals surface area contributed by atoms with Crippen molar-refractivity contribution >= 4 is 17.7 Å². The molecule has 2 rings (SSSR count). The molecule has 1 aromatic rings. The zero-order chi connectivity index (χ0) is 19.3. The summed E-state index contributed by atoms with van der Waals surface area (Å²) in [5.41, 5.74) is 0.713. The van der Waals surface area contributed by atoms with E-state index in [0.29, 0.717) is 31.9 Å². The summed E-state index contributed by atoms with van der Waals surface area (Å²) in [5.74, 6) is -0.313. The lowest BCUT2D eigenvalue weighted by molar-refractivity contribution is 0.0240. The number of aliphatic hydroxyl groups is 1. The maximum atomic E-state index is 12.1. The van der Waals surface area contributed by atoms with Crippen molar-refractivity contribution in [1.29, 1.82) is 0 Å². The van der Waals surface area contributed by atoms with Crippen LogP contribution in [0.25, 0.3) is 0 Å². The van der Waals surface area contributed by atoms with Crippen LogP contribution in [0.15, 0.2) is 18.3 Å². The first-order valence-electron chi connectivity index (χ1n) is 8.81. The van der Waals surface area contributed by atoms with Crippen molar-refractivity contribution in [2.45, 2.75) is 39.4 Å². The number of ether oxygens (including phenoxy) is 1. The number of carbonyl (C=O) groups is 2. The zero-order valence-corrected chi connectivity index (χ0v) is 15.9. The lowest BCUT2D eigenvalue weighted by atomic mass is 10.2. The van der Waals surface area contributed by atoms with Crippen LogP contribution < -0.4 is 10.2 Å². The molecule has 0 saturated carbocycles. The summed E-state index contributed by atoms with van der Waals surface area (Å²) in [4.78, 5) is 32.0. The average molecular weight is 364 g/mol. The highest BCUT2D eigenvalue weighted by Crippen LogP contribution is 2.17. The van der Waals surface area contributed by atoms with Gasteiger partial charge in [-0.05, 0) is 39.8 Å². The van der Waals surface area contributed by atoms with Gasteiger partial charge in [0.1, 0.15) is 11.3 Å². The Hall–Kier alpha value is -2.35. The number of amides is 2. The Morgan fingerprint density at radius 2 is 1.92 bits per heavy atom. The molecule has 2 amide bonds. The number of carbonyl (C=O) groups excluding carboxylic acids is 2. The molecule has 26 heavy (non-hydrogen) atoms. The van der Waals surface area contributed by atoms with Gasteiger partial charge in [-0.3, -0.25) is 4.79 Å². The van der Waals surface area contributed by atoms with Gasteiger partial charge >= 0.3 is 6.09 Å². The van der Waals surface area contributed by atoms with Crippen molar-refractivity contribution in [3.8, 4) is 0 Å². The summed E-state index contributed by atoms with van der Waals surface area (Å²) in [6.07, 6.45) is 0.764. The van der Waals surface area contributed by atoms with Gasteiger partial charge in [-0.1, -0.05) is 0 Å². The Morgan fingerprint density at radius 3 is 2.42 bits per heavy atom. The Kier molecular flexibility index (Phi) is 6.42. The third kappa shape index (κ3) is 5.87. The molecule has 1 aliphatic heterocycles. The molecule has 2 N–H and O–H groups in total. The molecule has 8 heteroatoms. The maximum Gasteiger partial charge on any atom is 0.410 e. The Bertz CT molecular complexity index is 617. The molecule has 1 saturated heterocycles. The van der Waals surface area contributed by atoms with Crippen molar-refractivity contribution < 1.29 is 19.4 Å². The highest BCUT2D eigenvalue weighted by molar-refractivity contribution is 5.92. The number of aliphatic hydroxyl groups excluding tert-OH is 1. The largest absolute Gasteiger partial charge is 0.444 e. The number of aromatic nitrogens is 1. The minimum absolute atomic E-state index is 0.189. The molecule has 0 bridgehead atoms. The maximum absolute atomic E-state index is 12.1. The Morgan fingerprint density at radius 1 is 1.27 bits per heavy atom. The van der Waals surface area contributed by atoms with E-state index in [9.17, 15) is 14.7 Å². The Labute approximate surface area is 154 Å². The molecule has 8 nitrogen and oxygen atoms in total. The minimum Gasteiger partial charge on any atom is -0.444 e. The van der Waals surface area contributed by atoms with Crippen LogP contribution in [-0.4, -0.2) is 71.4 Å². The van der Waals surface area contributed by atoms with E-state index >= 15 is 0 Å². The quantitative estimate of drug-likeness (QED) is 0.835. The van der Waals surface area contributed by atoms with Gasteiger partial charge in [0.25, 0.3) is 5.91 Å². The third-order valence-electron chi connectivity index (χ3n) is 3.84. The number of pyridine rings is 1. The predicted octanol–water partition coefficient (Wildman–Crippen LogP) is 1.25. The second-order valence-corrected chi connectivity index (χ2v) is 7.42. The zero-order valence-electron chi connectivity index (χ0n) is 15.9. The van der Waals surface area contributed by atoms with Gasteiger partial charge in [0.15, 0.2) is 0 Å². The minimum atomic E-state index is -0.598. The molecule has 2 heterocycles. The van der Waals surface area contributed by atoms with Crippen LogP contribution in [-0.2, 0) is 4.74 Å². The van der Waals surface area contributed by atoms with Crippen molar-refractivity contribution in [2.24, 2.45) is 0 Å². The fourth-order valence-electron chi connectivity index (χ4n) is 2.51. The van der Waals surface area contributed by atoms with E-state index in [1.54, 1.807) is 24.1 Å². The van der Waals surface area contributed by atoms with Crippen molar-refractivity contribution in [1.82, 2.24) is 15.2 Å². The first-order valence-corrected chi connectivity index (χ1v) is 8.81. The summed E-state index contributed by atoms with van der Waals surface area (Å²) in [6.45, 7) is 9.85. The van der Waals surface area contributed by atoms with Crippen LogP contribution in [0.5, 0.6) is 0 Å². The monoisotopic (exact) mass is 364 g/mol. The lowest BCUT2D eigenvalue weighted by Crippen LogP contribution is -2.50. The van der Waals surface area contributed by atoms with Crippen LogP contribution in [0, 0.1) is 0 Å². The van der Waals surface area contributed by atoms with Gasteiger partial charge in [0.05, 0.1) is 18.0 Å². The molecule has 1 aromatic heterocycles. The first kappa shape index (κ1) is 20.0. The van der Waals surface area contributed by atoms with Gasteiger partial charge in [-0.15, -0.1) is 0 Å². The van der Waals surface area contributed by atoms with Crippen LogP contribution in [0.2, 0.25) is 0 Å². The van der Waals surface area contributed by atoms with Crippen LogP contribution in [0.1, 0.15) is 38.2 Å². The molecule has 1 fully saturated rings. The van der Waals surface area contributed by atoms with Crippen molar-refractivity contribution in [3.63, 3.8) is 0 Å². The summed E-state index contributed by atoms with van der Waals surface area (Å²) >= 11 is 0. The Balaban J connectivity index is 1.87. The summed E-state index contributed by atoms with van der Waals surface area (Å²) in [5, 5.41) is 11.8. The molecule has 144 valence electrons. The SMILES string of the molecule is CC(O)CNC(=O)c1ccc(N2CCN(C(=O)OC(C)(C)C)CC2)cn1. The number of nitrogens with zero attached hydrogens (tertiary/aromatic N) is 3. The standard InChI is InChI=1S/C18H28N4O4/c1-13(23)11-20-16(24)15-6-5-14(12-19-15)21-7-9-22(10-8-21)17(25)26-18(2,3)4/h5-6,12-13,23H,7-11H2,1-4H3,(H,20,24). The van der Waals surface area contributed by atoms with Gasteiger partial charge in [-0.2, -0.15) is 0 Å².